The number of fused-ring (bicyclic) bond motifs is 1. The molecule has 0 amide bonds. The van der Waals surface area contributed by atoms with E-state index in [-0.39, 0.29) is 0 Å². The maximum absolute atomic E-state index is 4.69. The summed E-state index contributed by atoms with van der Waals surface area (Å²) in [5, 5.41) is 4.69. The topological polar surface area (TPSA) is 48.5 Å². The van der Waals surface area contributed by atoms with Crippen LogP contribution in [0.5, 0.6) is 0 Å². The Balaban J connectivity index is 1.37. The summed E-state index contributed by atoms with van der Waals surface area (Å²) >= 11 is 0. The molecule has 3 aliphatic rings. The summed E-state index contributed by atoms with van der Waals surface area (Å²) in [6, 6.07) is 0. The minimum atomic E-state index is 0.308. The molecule has 23 heavy (non-hydrogen) atoms. The molecular formula is C19H36N4. The van der Waals surface area contributed by atoms with E-state index in [9.17, 15) is 0 Å². The zero-order valence-electron chi connectivity index (χ0n) is 14.9. The molecule has 3 unspecified atom stereocenters. The predicted octanol–water partition coefficient (Wildman–Crippen LogP) is 3.94. The maximum atomic E-state index is 4.69. The van der Waals surface area contributed by atoms with Crippen LogP contribution < -0.4 is 16.3 Å². The maximum Gasteiger partial charge on any atom is 0.109 e. The van der Waals surface area contributed by atoms with Gasteiger partial charge < -0.3 is 0 Å². The summed E-state index contributed by atoms with van der Waals surface area (Å²) in [5.74, 6) is 2.56. The van der Waals surface area contributed by atoms with Gasteiger partial charge in [0.15, 0.2) is 0 Å². The average Bonchev–Trinajstić information content (AvgIpc) is 2.61. The molecule has 0 spiro atoms. The van der Waals surface area contributed by atoms with Gasteiger partial charge in [0.2, 0.25) is 0 Å². The van der Waals surface area contributed by atoms with E-state index in [0.717, 1.165) is 30.7 Å². The number of nitrogens with one attached hydrogen (secondary N) is 3. The van der Waals surface area contributed by atoms with Crippen molar-refractivity contribution in [2.24, 2.45) is 22.9 Å². The van der Waals surface area contributed by atoms with Crippen LogP contribution in [0.15, 0.2) is 5.10 Å². The van der Waals surface area contributed by atoms with Crippen LogP contribution >= 0.6 is 0 Å². The van der Waals surface area contributed by atoms with Gasteiger partial charge in [0.05, 0.1) is 0 Å². The number of hydrogen-bond donors (Lipinski definition) is 3. The fourth-order valence-electron chi connectivity index (χ4n) is 4.82. The van der Waals surface area contributed by atoms with Crippen LogP contribution in [0.1, 0.15) is 84.0 Å². The molecule has 1 aliphatic heterocycles. The summed E-state index contributed by atoms with van der Waals surface area (Å²) in [4.78, 5) is 0. The first-order valence-electron chi connectivity index (χ1n) is 10.1. The second kappa shape index (κ2) is 9.03. The van der Waals surface area contributed by atoms with Crippen LogP contribution in [-0.2, 0) is 0 Å². The van der Waals surface area contributed by atoms with Crippen molar-refractivity contribution in [1.82, 2.24) is 16.3 Å². The van der Waals surface area contributed by atoms with Gasteiger partial charge in [-0.05, 0) is 50.4 Å². The third kappa shape index (κ3) is 5.18. The number of rotatable bonds is 6. The Hall–Kier alpha value is -0.610. The molecule has 0 aromatic carbocycles. The molecule has 3 N–H and O–H groups in total. The highest BCUT2D eigenvalue weighted by Crippen LogP contribution is 2.32. The summed E-state index contributed by atoms with van der Waals surface area (Å²) in [6.45, 7) is 3.30. The minimum absolute atomic E-state index is 0.308. The summed E-state index contributed by atoms with van der Waals surface area (Å²) in [6.07, 6.45) is 17.0. The Kier molecular flexibility index (Phi) is 6.76. The van der Waals surface area contributed by atoms with Crippen LogP contribution in [0, 0.1) is 17.8 Å². The number of hydrazine groups is 1. The lowest BCUT2D eigenvalue weighted by Gasteiger charge is -2.41. The second-order valence-corrected chi connectivity index (χ2v) is 8.08. The second-order valence-electron chi connectivity index (χ2n) is 8.08. The van der Waals surface area contributed by atoms with Crippen molar-refractivity contribution in [3.8, 4) is 0 Å². The quantitative estimate of drug-likeness (QED) is 0.513. The normalized spacial score (nSPS) is 33.3. The molecule has 3 atom stereocenters. The third-order valence-corrected chi connectivity index (χ3v) is 6.29. The zero-order valence-corrected chi connectivity index (χ0v) is 14.9. The number of hydrazone groups is 1. The molecule has 2 aliphatic carbocycles. The lowest BCUT2D eigenvalue weighted by atomic mass is 9.77. The van der Waals surface area contributed by atoms with Crippen molar-refractivity contribution < 1.29 is 0 Å². The zero-order chi connectivity index (χ0) is 15.9. The Morgan fingerprint density at radius 3 is 2.70 bits per heavy atom. The lowest BCUT2D eigenvalue weighted by molar-refractivity contribution is 0.0995. The molecule has 132 valence electrons. The smallest absolute Gasteiger partial charge is 0.109 e. The highest BCUT2D eigenvalue weighted by atomic mass is 15.5. The SMILES string of the molecule is C/C(CCCC1CCCCC1)=N\NC1NNCC2CCCCC21. The van der Waals surface area contributed by atoms with Crippen LogP contribution in [0.25, 0.3) is 0 Å². The van der Waals surface area contributed by atoms with E-state index < -0.39 is 0 Å². The fraction of sp³-hybridized carbons (Fsp3) is 0.947. The van der Waals surface area contributed by atoms with Gasteiger partial charge in [0.25, 0.3) is 0 Å². The van der Waals surface area contributed by atoms with Crippen LogP contribution in [0.3, 0.4) is 0 Å². The first-order valence-corrected chi connectivity index (χ1v) is 10.1. The highest BCUT2D eigenvalue weighted by molar-refractivity contribution is 5.81. The van der Waals surface area contributed by atoms with Gasteiger partial charge in [-0.2, -0.15) is 5.10 Å². The predicted molar refractivity (Wildman–Crippen MR) is 97.0 cm³/mol. The molecule has 4 nitrogen and oxygen atoms in total. The Bertz CT molecular complexity index is 374. The van der Waals surface area contributed by atoms with Crippen LogP contribution in [0.4, 0.5) is 0 Å². The molecule has 2 saturated carbocycles. The van der Waals surface area contributed by atoms with Gasteiger partial charge in [-0.25, -0.2) is 5.43 Å². The van der Waals surface area contributed by atoms with Gasteiger partial charge in [0.1, 0.15) is 6.17 Å². The number of nitrogens with zero attached hydrogens (tertiary/aromatic N) is 1. The van der Waals surface area contributed by atoms with Crippen molar-refractivity contribution in [3.63, 3.8) is 0 Å². The van der Waals surface area contributed by atoms with Crippen molar-refractivity contribution >= 4 is 5.71 Å². The molecule has 1 heterocycles. The monoisotopic (exact) mass is 320 g/mol. The Labute approximate surface area is 142 Å². The molecule has 0 aromatic rings. The molecule has 0 bridgehead atoms. The standard InChI is InChI=1S/C19H36N4/c1-15(8-7-11-16-9-3-2-4-10-16)21-23-19-18-13-6-5-12-17(18)14-20-22-19/h16-20,22-23H,2-14H2,1H3/b21-15+. The van der Waals surface area contributed by atoms with Crippen molar-refractivity contribution in [1.29, 1.82) is 0 Å². The molecule has 0 radical (unpaired) electrons. The largest absolute Gasteiger partial charge is 0.291 e. The van der Waals surface area contributed by atoms with Crippen LogP contribution in [-0.4, -0.2) is 18.4 Å². The van der Waals surface area contributed by atoms with E-state index in [0.29, 0.717) is 6.17 Å². The van der Waals surface area contributed by atoms with Crippen molar-refractivity contribution in [2.45, 2.75) is 90.1 Å². The first-order chi connectivity index (χ1) is 11.3. The van der Waals surface area contributed by atoms with Crippen LogP contribution in [0.2, 0.25) is 0 Å². The van der Waals surface area contributed by atoms with E-state index in [4.69, 9.17) is 0 Å². The van der Waals surface area contributed by atoms with Gasteiger partial charge >= 0.3 is 0 Å². The molecule has 3 rings (SSSR count). The average molecular weight is 321 g/mol. The summed E-state index contributed by atoms with van der Waals surface area (Å²) < 4.78 is 0. The van der Waals surface area contributed by atoms with Crippen molar-refractivity contribution in [2.75, 3.05) is 6.54 Å². The first kappa shape index (κ1) is 17.2. The van der Waals surface area contributed by atoms with E-state index in [1.807, 2.05) is 0 Å². The highest BCUT2D eigenvalue weighted by Gasteiger charge is 2.34. The summed E-state index contributed by atoms with van der Waals surface area (Å²) in [5.41, 5.74) is 11.5. The van der Waals surface area contributed by atoms with Gasteiger partial charge in [0, 0.05) is 12.3 Å². The van der Waals surface area contributed by atoms with Gasteiger partial charge in [-0.1, -0.05) is 51.4 Å². The van der Waals surface area contributed by atoms with E-state index in [1.165, 1.54) is 76.3 Å². The third-order valence-electron chi connectivity index (χ3n) is 6.29. The van der Waals surface area contributed by atoms with E-state index in [2.05, 4.69) is 28.3 Å². The number of hydrogen-bond acceptors (Lipinski definition) is 4. The molecule has 3 fully saturated rings. The van der Waals surface area contributed by atoms with Crippen molar-refractivity contribution in [3.05, 3.63) is 0 Å². The Morgan fingerprint density at radius 2 is 1.83 bits per heavy atom. The molecule has 1 saturated heterocycles. The van der Waals surface area contributed by atoms with Gasteiger partial charge in [-0.15, -0.1) is 0 Å². The Morgan fingerprint density at radius 1 is 1.04 bits per heavy atom. The van der Waals surface area contributed by atoms with Gasteiger partial charge in [-0.3, -0.25) is 10.9 Å². The van der Waals surface area contributed by atoms with E-state index in [1.54, 1.807) is 0 Å². The molecule has 4 heteroatoms. The molecule has 0 aromatic heterocycles. The molecular weight excluding hydrogens is 284 g/mol. The lowest BCUT2D eigenvalue weighted by Crippen LogP contribution is -2.61. The minimum Gasteiger partial charge on any atom is -0.291 e. The fourth-order valence-corrected chi connectivity index (χ4v) is 4.82. The summed E-state index contributed by atoms with van der Waals surface area (Å²) in [7, 11) is 0. The van der Waals surface area contributed by atoms with E-state index >= 15 is 0 Å².